The molecule has 1 aliphatic carbocycles. The molecule has 0 aliphatic heterocycles. The van der Waals surface area contributed by atoms with E-state index in [1.54, 1.807) is 6.20 Å². The Hall–Kier alpha value is -0.270. The lowest BCUT2D eigenvalue weighted by atomic mass is 9.72. The van der Waals surface area contributed by atoms with E-state index in [9.17, 15) is 0 Å². The van der Waals surface area contributed by atoms with Crippen molar-refractivity contribution in [2.24, 2.45) is 11.5 Å². The van der Waals surface area contributed by atoms with Gasteiger partial charge in [0, 0.05) is 12.2 Å². The molecule has 1 aromatic rings. The molecular formula is C8H11IN4. The quantitative estimate of drug-likeness (QED) is 0.732. The van der Waals surface area contributed by atoms with Crippen LogP contribution in [0.2, 0.25) is 0 Å². The number of nitrogens with two attached hydrogens (primary N) is 2. The zero-order valence-electron chi connectivity index (χ0n) is 7.07. The van der Waals surface area contributed by atoms with Crippen LogP contribution in [-0.4, -0.2) is 16.0 Å². The molecule has 0 spiro atoms. The van der Waals surface area contributed by atoms with Crippen molar-refractivity contribution in [3.63, 3.8) is 0 Å². The second kappa shape index (κ2) is 3.14. The monoisotopic (exact) mass is 290 g/mol. The molecule has 0 bridgehead atoms. The van der Waals surface area contributed by atoms with Crippen LogP contribution in [0.3, 0.4) is 0 Å². The minimum Gasteiger partial charge on any atom is -0.328 e. The molecule has 0 saturated heterocycles. The molecule has 4 N–H and O–H groups in total. The number of hydrogen-bond donors (Lipinski definition) is 2. The third-order valence-electron chi connectivity index (χ3n) is 2.39. The van der Waals surface area contributed by atoms with Gasteiger partial charge in [0.2, 0.25) is 0 Å². The van der Waals surface area contributed by atoms with E-state index >= 15 is 0 Å². The highest BCUT2D eigenvalue weighted by Gasteiger charge is 2.42. The topological polar surface area (TPSA) is 77.8 Å². The average molecular weight is 290 g/mol. The molecule has 1 aliphatic rings. The van der Waals surface area contributed by atoms with Gasteiger partial charge in [-0.05, 0) is 35.4 Å². The lowest BCUT2D eigenvalue weighted by Gasteiger charge is -2.42. The number of hydrogen-bond acceptors (Lipinski definition) is 4. The molecule has 0 aromatic carbocycles. The summed E-state index contributed by atoms with van der Waals surface area (Å²) in [5.74, 6) is 0. The van der Waals surface area contributed by atoms with Crippen LogP contribution in [-0.2, 0) is 5.54 Å². The molecule has 1 saturated carbocycles. The fourth-order valence-electron chi connectivity index (χ4n) is 1.75. The number of aromatic nitrogens is 2. The first-order chi connectivity index (χ1) is 6.12. The van der Waals surface area contributed by atoms with Gasteiger partial charge < -0.3 is 11.5 Å². The van der Waals surface area contributed by atoms with Crippen molar-refractivity contribution >= 4 is 22.6 Å². The van der Waals surface area contributed by atoms with Crippen molar-refractivity contribution in [2.45, 2.75) is 24.4 Å². The Morgan fingerprint density at radius 3 is 2.77 bits per heavy atom. The van der Waals surface area contributed by atoms with Crippen LogP contribution >= 0.6 is 22.6 Å². The molecule has 0 unspecified atom stereocenters. The first-order valence-electron chi connectivity index (χ1n) is 4.12. The molecule has 0 amide bonds. The molecule has 13 heavy (non-hydrogen) atoms. The fourth-order valence-corrected chi connectivity index (χ4v) is 2.59. The largest absolute Gasteiger partial charge is 0.328 e. The lowest BCUT2D eigenvalue weighted by Crippen LogP contribution is -2.56. The molecule has 0 atom stereocenters. The van der Waals surface area contributed by atoms with Gasteiger partial charge in [-0.1, -0.05) is 0 Å². The maximum Gasteiger partial charge on any atom is 0.115 e. The molecular weight excluding hydrogens is 279 g/mol. The SMILES string of the molecule is NC1CC(N)(c2ncncc2I)C1. The minimum atomic E-state index is -0.307. The third kappa shape index (κ3) is 1.55. The maximum absolute atomic E-state index is 6.14. The average Bonchev–Trinajstić information content (AvgIpc) is 2.02. The van der Waals surface area contributed by atoms with Crippen LogP contribution in [0.5, 0.6) is 0 Å². The third-order valence-corrected chi connectivity index (χ3v) is 3.18. The Morgan fingerprint density at radius 2 is 2.23 bits per heavy atom. The van der Waals surface area contributed by atoms with Gasteiger partial charge in [-0.25, -0.2) is 9.97 Å². The molecule has 1 fully saturated rings. The second-order valence-electron chi connectivity index (χ2n) is 3.54. The zero-order chi connectivity index (χ0) is 9.47. The van der Waals surface area contributed by atoms with Gasteiger partial charge in [0.05, 0.1) is 14.8 Å². The molecule has 1 heterocycles. The van der Waals surface area contributed by atoms with Crippen molar-refractivity contribution in [1.82, 2.24) is 9.97 Å². The summed E-state index contributed by atoms with van der Waals surface area (Å²) in [6.07, 6.45) is 4.96. The highest BCUT2D eigenvalue weighted by molar-refractivity contribution is 14.1. The van der Waals surface area contributed by atoms with Crippen molar-refractivity contribution in [1.29, 1.82) is 0 Å². The van der Waals surface area contributed by atoms with Crippen LogP contribution in [0.4, 0.5) is 0 Å². The Bertz CT molecular complexity index is 322. The Labute approximate surface area is 90.3 Å². The van der Waals surface area contributed by atoms with E-state index in [4.69, 9.17) is 11.5 Å². The summed E-state index contributed by atoms with van der Waals surface area (Å²) in [5.41, 5.74) is 12.5. The zero-order valence-corrected chi connectivity index (χ0v) is 9.23. The van der Waals surface area contributed by atoms with E-state index in [1.165, 1.54) is 6.33 Å². The summed E-state index contributed by atoms with van der Waals surface area (Å²) in [6.45, 7) is 0. The van der Waals surface area contributed by atoms with E-state index < -0.39 is 0 Å². The number of rotatable bonds is 1. The normalized spacial score (nSPS) is 32.7. The highest BCUT2D eigenvalue weighted by Crippen LogP contribution is 2.38. The van der Waals surface area contributed by atoms with E-state index in [1.807, 2.05) is 0 Å². The van der Waals surface area contributed by atoms with Gasteiger partial charge in [0.15, 0.2) is 0 Å². The molecule has 5 heteroatoms. The van der Waals surface area contributed by atoms with Gasteiger partial charge >= 0.3 is 0 Å². The standard InChI is InChI=1S/C8H11IN4/c9-6-3-12-4-13-7(6)8(11)1-5(10)2-8/h3-5H,1-2,10-11H2. The Kier molecular flexibility index (Phi) is 2.25. The van der Waals surface area contributed by atoms with Crippen molar-refractivity contribution < 1.29 is 0 Å². The fraction of sp³-hybridized carbons (Fsp3) is 0.500. The summed E-state index contributed by atoms with van der Waals surface area (Å²) in [6, 6.07) is 0.232. The van der Waals surface area contributed by atoms with Crippen molar-refractivity contribution in [3.05, 3.63) is 21.8 Å². The van der Waals surface area contributed by atoms with Gasteiger partial charge in [-0.3, -0.25) is 0 Å². The smallest absolute Gasteiger partial charge is 0.115 e. The molecule has 70 valence electrons. The summed E-state index contributed by atoms with van der Waals surface area (Å²) in [5, 5.41) is 0. The summed E-state index contributed by atoms with van der Waals surface area (Å²) in [4.78, 5) is 8.14. The summed E-state index contributed by atoms with van der Waals surface area (Å²) < 4.78 is 1.02. The van der Waals surface area contributed by atoms with Crippen molar-refractivity contribution in [2.75, 3.05) is 0 Å². The van der Waals surface area contributed by atoms with Crippen molar-refractivity contribution in [3.8, 4) is 0 Å². The van der Waals surface area contributed by atoms with Gasteiger partial charge in [-0.2, -0.15) is 0 Å². The second-order valence-corrected chi connectivity index (χ2v) is 4.71. The molecule has 4 nitrogen and oxygen atoms in total. The van der Waals surface area contributed by atoms with Gasteiger partial charge in [-0.15, -0.1) is 0 Å². The van der Waals surface area contributed by atoms with Gasteiger partial charge in [0.25, 0.3) is 0 Å². The number of halogens is 1. The lowest BCUT2D eigenvalue weighted by molar-refractivity contribution is 0.204. The molecule has 0 radical (unpaired) electrons. The van der Waals surface area contributed by atoms with Crippen LogP contribution in [0.15, 0.2) is 12.5 Å². The Balaban J connectivity index is 2.31. The van der Waals surface area contributed by atoms with Crippen LogP contribution in [0.25, 0.3) is 0 Å². The van der Waals surface area contributed by atoms with Crippen LogP contribution in [0.1, 0.15) is 18.5 Å². The van der Waals surface area contributed by atoms with E-state index in [2.05, 4.69) is 32.6 Å². The van der Waals surface area contributed by atoms with E-state index in [0.29, 0.717) is 0 Å². The van der Waals surface area contributed by atoms with Crippen LogP contribution in [0, 0.1) is 3.57 Å². The highest BCUT2D eigenvalue weighted by atomic mass is 127. The molecule has 2 rings (SSSR count). The van der Waals surface area contributed by atoms with Gasteiger partial charge in [0.1, 0.15) is 6.33 Å². The Morgan fingerprint density at radius 1 is 1.54 bits per heavy atom. The summed E-state index contributed by atoms with van der Waals surface area (Å²) in [7, 11) is 0. The minimum absolute atomic E-state index is 0.232. The predicted molar refractivity (Wildman–Crippen MR) is 57.8 cm³/mol. The van der Waals surface area contributed by atoms with Crippen LogP contribution < -0.4 is 11.5 Å². The first kappa shape index (κ1) is 9.29. The molecule has 1 aromatic heterocycles. The maximum atomic E-state index is 6.14. The number of nitrogens with zero attached hydrogens (tertiary/aromatic N) is 2. The van der Waals surface area contributed by atoms with E-state index in [0.717, 1.165) is 22.1 Å². The van der Waals surface area contributed by atoms with E-state index in [-0.39, 0.29) is 11.6 Å². The summed E-state index contributed by atoms with van der Waals surface area (Å²) >= 11 is 2.20. The predicted octanol–water partition coefficient (Wildman–Crippen LogP) is 0.356. The first-order valence-corrected chi connectivity index (χ1v) is 5.20.